The van der Waals surface area contributed by atoms with Gasteiger partial charge in [-0.1, -0.05) is 6.08 Å². The van der Waals surface area contributed by atoms with Gasteiger partial charge in [0.1, 0.15) is 11.4 Å². The molecule has 0 aromatic carbocycles. The van der Waals surface area contributed by atoms with Crippen molar-refractivity contribution in [1.82, 2.24) is 0 Å². The average Bonchev–Trinajstić information content (AvgIpc) is 2.87. The van der Waals surface area contributed by atoms with Crippen molar-refractivity contribution in [3.8, 4) is 0 Å². The molecule has 0 saturated carbocycles. The summed E-state index contributed by atoms with van der Waals surface area (Å²) in [5.41, 5.74) is -0.834. The number of hydrogen-bond acceptors (Lipinski definition) is 5. The van der Waals surface area contributed by atoms with Crippen molar-refractivity contribution in [1.29, 1.82) is 0 Å². The third-order valence-corrected chi connectivity index (χ3v) is 5.52. The summed E-state index contributed by atoms with van der Waals surface area (Å²) in [5.74, 6) is 0. The molecule has 0 saturated heterocycles. The molecule has 19 heavy (non-hydrogen) atoms. The highest BCUT2D eigenvalue weighted by Crippen LogP contribution is 2.64. The van der Waals surface area contributed by atoms with Crippen molar-refractivity contribution in [2.45, 2.75) is 45.5 Å². The molecular weight excluding hydrogens is 267 g/mol. The molecule has 0 radical (unpaired) electrons. The lowest BCUT2D eigenvalue weighted by molar-refractivity contribution is -0.0462. The molecule has 0 aliphatic carbocycles. The van der Waals surface area contributed by atoms with E-state index in [1.165, 1.54) is 6.26 Å². The van der Waals surface area contributed by atoms with E-state index in [1.54, 1.807) is 13.8 Å². The average molecular weight is 288 g/mol. The zero-order valence-corrected chi connectivity index (χ0v) is 12.7. The number of hydrogen-bond donors (Lipinski definition) is 0. The van der Waals surface area contributed by atoms with Gasteiger partial charge < -0.3 is 18.5 Å². The predicted octanol–water partition coefficient (Wildman–Crippen LogP) is 3.23. The van der Waals surface area contributed by atoms with E-state index in [0.29, 0.717) is 18.5 Å². The Morgan fingerprint density at radius 2 is 1.95 bits per heavy atom. The Bertz CT molecular complexity index is 434. The van der Waals surface area contributed by atoms with Gasteiger partial charge in [-0.15, -0.1) is 0 Å². The Labute approximate surface area is 114 Å². The van der Waals surface area contributed by atoms with Gasteiger partial charge in [-0.2, -0.15) is 0 Å². The molecule has 0 bridgehead atoms. The van der Waals surface area contributed by atoms with E-state index in [1.807, 2.05) is 26.0 Å². The lowest BCUT2D eigenvalue weighted by Crippen LogP contribution is -2.39. The predicted molar refractivity (Wildman–Crippen MR) is 71.9 cm³/mol. The Kier molecular flexibility index (Phi) is 4.21. The maximum atomic E-state index is 12.9. The molecule has 3 atom stereocenters. The zero-order chi connectivity index (χ0) is 14.1. The van der Waals surface area contributed by atoms with Gasteiger partial charge in [0.05, 0.1) is 25.6 Å². The highest BCUT2D eigenvalue weighted by Gasteiger charge is 2.55. The number of ether oxygens (including phenoxy) is 2. The van der Waals surface area contributed by atoms with Gasteiger partial charge in [-0.05, 0) is 33.8 Å². The fourth-order valence-electron chi connectivity index (χ4n) is 2.40. The minimum absolute atomic E-state index is 0.0516. The van der Waals surface area contributed by atoms with E-state index in [9.17, 15) is 4.57 Å². The first-order chi connectivity index (χ1) is 8.98. The first-order valence-corrected chi connectivity index (χ1v) is 8.15. The van der Waals surface area contributed by atoms with Crippen LogP contribution in [0.15, 0.2) is 23.7 Å². The first-order valence-electron chi connectivity index (χ1n) is 6.61. The molecule has 3 unspecified atom stereocenters. The van der Waals surface area contributed by atoms with Gasteiger partial charge in [0, 0.05) is 0 Å². The summed E-state index contributed by atoms with van der Waals surface area (Å²) in [6.07, 6.45) is 4.99. The van der Waals surface area contributed by atoms with Crippen LogP contribution in [0.2, 0.25) is 0 Å². The standard InChI is InChI=1S/C13H21O5P/c1-5-16-19(14,17-6-2)12-9-15-11(4)13(12)8-7-10(3)18-13/h7-11H,5-6H2,1-4H3. The number of rotatable bonds is 5. The Morgan fingerprint density at radius 3 is 2.42 bits per heavy atom. The van der Waals surface area contributed by atoms with E-state index >= 15 is 0 Å². The fourth-order valence-corrected chi connectivity index (χ4v) is 4.36. The minimum atomic E-state index is -3.39. The summed E-state index contributed by atoms with van der Waals surface area (Å²) in [4.78, 5) is 0. The van der Waals surface area contributed by atoms with Gasteiger partial charge in [0.2, 0.25) is 0 Å². The van der Waals surface area contributed by atoms with Gasteiger partial charge in [-0.3, -0.25) is 4.57 Å². The molecule has 2 aliphatic rings. The largest absolute Gasteiger partial charge is 0.494 e. The van der Waals surface area contributed by atoms with E-state index in [4.69, 9.17) is 18.5 Å². The van der Waals surface area contributed by atoms with Crippen LogP contribution in [0.3, 0.4) is 0 Å². The van der Waals surface area contributed by atoms with Crippen LogP contribution in [0.4, 0.5) is 0 Å². The molecule has 6 heteroatoms. The van der Waals surface area contributed by atoms with Crippen molar-refractivity contribution in [2.75, 3.05) is 13.2 Å². The summed E-state index contributed by atoms with van der Waals surface area (Å²) in [5, 5.41) is 0.455. The lowest BCUT2D eigenvalue weighted by atomic mass is 10.00. The van der Waals surface area contributed by atoms with Crippen LogP contribution in [0, 0.1) is 0 Å². The minimum Gasteiger partial charge on any atom is -0.494 e. The molecule has 2 aliphatic heterocycles. The molecule has 108 valence electrons. The van der Waals surface area contributed by atoms with Gasteiger partial charge in [-0.25, -0.2) is 0 Å². The highest BCUT2D eigenvalue weighted by atomic mass is 31.2. The zero-order valence-electron chi connectivity index (χ0n) is 11.8. The molecule has 5 nitrogen and oxygen atoms in total. The van der Waals surface area contributed by atoms with Crippen LogP contribution in [0.25, 0.3) is 0 Å². The second-order valence-electron chi connectivity index (χ2n) is 4.59. The van der Waals surface area contributed by atoms with Gasteiger partial charge in [0.15, 0.2) is 5.60 Å². The van der Waals surface area contributed by atoms with Crippen LogP contribution < -0.4 is 0 Å². The third-order valence-electron chi connectivity index (χ3n) is 3.28. The quantitative estimate of drug-likeness (QED) is 0.574. The Morgan fingerprint density at radius 1 is 1.32 bits per heavy atom. The molecule has 0 aromatic heterocycles. The summed E-state index contributed by atoms with van der Waals surface area (Å²) in [6, 6.07) is 0. The van der Waals surface area contributed by atoms with Crippen LogP contribution in [0.1, 0.15) is 27.7 Å². The molecule has 0 N–H and O–H groups in total. The van der Waals surface area contributed by atoms with Crippen LogP contribution in [-0.4, -0.2) is 31.0 Å². The second-order valence-corrected chi connectivity index (χ2v) is 6.58. The van der Waals surface area contributed by atoms with Gasteiger partial charge in [0.25, 0.3) is 0 Å². The molecular formula is C13H21O5P. The lowest BCUT2D eigenvalue weighted by Gasteiger charge is -2.32. The smallest absolute Gasteiger partial charge is 0.363 e. The van der Waals surface area contributed by atoms with Crippen molar-refractivity contribution in [3.05, 3.63) is 23.7 Å². The third kappa shape index (κ3) is 2.40. The van der Waals surface area contributed by atoms with Crippen molar-refractivity contribution in [2.24, 2.45) is 0 Å². The maximum Gasteiger partial charge on any atom is 0.363 e. The molecule has 0 amide bonds. The molecule has 0 aromatic rings. The topological polar surface area (TPSA) is 54.0 Å². The van der Waals surface area contributed by atoms with E-state index in [-0.39, 0.29) is 12.2 Å². The first kappa shape index (κ1) is 14.8. The summed E-state index contributed by atoms with van der Waals surface area (Å²) in [7, 11) is -3.39. The molecule has 1 spiro atoms. The summed E-state index contributed by atoms with van der Waals surface area (Å²) >= 11 is 0. The summed E-state index contributed by atoms with van der Waals surface area (Å²) in [6.45, 7) is 7.99. The maximum absolute atomic E-state index is 12.9. The Balaban J connectivity index is 2.37. The van der Waals surface area contributed by atoms with Crippen LogP contribution >= 0.6 is 7.60 Å². The SMILES string of the molecule is CCOP(=O)(OCC)C1=COC(C)C12C=CC(C)O2. The monoisotopic (exact) mass is 288 g/mol. The Hall–Kier alpha value is -0.610. The molecule has 2 heterocycles. The van der Waals surface area contributed by atoms with Crippen molar-refractivity contribution in [3.63, 3.8) is 0 Å². The molecule has 2 rings (SSSR count). The van der Waals surface area contributed by atoms with Gasteiger partial charge >= 0.3 is 7.60 Å². The molecule has 0 fully saturated rings. The fraction of sp³-hybridized carbons (Fsp3) is 0.692. The van der Waals surface area contributed by atoms with Crippen LogP contribution in [-0.2, 0) is 23.1 Å². The van der Waals surface area contributed by atoms with Crippen molar-refractivity contribution >= 4 is 7.60 Å². The highest BCUT2D eigenvalue weighted by molar-refractivity contribution is 7.58. The van der Waals surface area contributed by atoms with Crippen molar-refractivity contribution < 1.29 is 23.1 Å². The van der Waals surface area contributed by atoms with E-state index < -0.39 is 13.2 Å². The van der Waals surface area contributed by atoms with E-state index in [0.717, 1.165) is 0 Å². The van der Waals surface area contributed by atoms with Crippen LogP contribution in [0.5, 0.6) is 0 Å². The normalized spacial score (nSPS) is 33.8. The van der Waals surface area contributed by atoms with E-state index in [2.05, 4.69) is 0 Å². The summed E-state index contributed by atoms with van der Waals surface area (Å²) < 4.78 is 35.2. The second kappa shape index (κ2) is 5.41.